The van der Waals surface area contributed by atoms with Crippen molar-refractivity contribution in [2.24, 2.45) is 0 Å². The smallest absolute Gasteiger partial charge is 0.338 e. The lowest BCUT2D eigenvalue weighted by Gasteiger charge is -2.19. The summed E-state index contributed by atoms with van der Waals surface area (Å²) in [5.74, 6) is 0. The minimum atomic E-state index is -3.93. The van der Waals surface area contributed by atoms with Gasteiger partial charge in [0.25, 0.3) is 0 Å². The van der Waals surface area contributed by atoms with Crippen molar-refractivity contribution in [2.75, 3.05) is 7.05 Å². The Balaban J connectivity index is 2.34. The van der Waals surface area contributed by atoms with Crippen LogP contribution in [-0.2, 0) is 24.0 Å². The van der Waals surface area contributed by atoms with E-state index in [1.165, 1.54) is 7.05 Å². The molecule has 20 heavy (non-hydrogen) atoms. The topological polar surface area (TPSA) is 73.9 Å². The van der Waals surface area contributed by atoms with Crippen molar-refractivity contribution in [2.45, 2.75) is 25.6 Å². The van der Waals surface area contributed by atoms with E-state index in [4.69, 9.17) is 36.9 Å². The highest BCUT2D eigenvalue weighted by atomic mass is 35.5. The van der Waals surface area contributed by atoms with Crippen molar-refractivity contribution < 1.29 is 22.1 Å². The van der Waals surface area contributed by atoms with Gasteiger partial charge in [0.2, 0.25) is 6.29 Å². The van der Waals surface area contributed by atoms with E-state index in [9.17, 15) is 8.42 Å². The summed E-state index contributed by atoms with van der Waals surface area (Å²) >= 11 is 12.2. The van der Waals surface area contributed by atoms with Gasteiger partial charge in [-0.25, -0.2) is 4.18 Å². The summed E-state index contributed by atoms with van der Waals surface area (Å²) in [5, 5.41) is 0.686. The van der Waals surface area contributed by atoms with E-state index in [-0.39, 0.29) is 0 Å². The molecule has 0 aliphatic carbocycles. The van der Waals surface area contributed by atoms with Crippen LogP contribution in [0.3, 0.4) is 0 Å². The molecule has 1 heterocycles. The number of ether oxygens (including phenoxy) is 2. The first-order chi connectivity index (χ1) is 9.34. The van der Waals surface area contributed by atoms with E-state index in [1.54, 1.807) is 25.1 Å². The Kier molecular flexibility index (Phi) is 4.91. The van der Waals surface area contributed by atoms with Crippen LogP contribution in [0.15, 0.2) is 18.2 Å². The fraction of sp³-hybridized carbons (Fsp3) is 0.455. The lowest BCUT2D eigenvalue weighted by atomic mass is 10.1. The first-order valence-electron chi connectivity index (χ1n) is 5.70. The lowest BCUT2D eigenvalue weighted by molar-refractivity contribution is -0.0908. The first-order valence-corrected chi connectivity index (χ1v) is 7.87. The number of hydrogen-bond donors (Lipinski definition) is 1. The van der Waals surface area contributed by atoms with Gasteiger partial charge in [-0.3, -0.25) is 0 Å². The van der Waals surface area contributed by atoms with Crippen LogP contribution in [0.5, 0.6) is 0 Å². The second-order valence-electron chi connectivity index (χ2n) is 4.02. The molecule has 1 N–H and O–H groups in total. The molecule has 9 heteroatoms. The molecule has 1 fully saturated rings. The third-order valence-corrected chi connectivity index (χ3v) is 4.27. The van der Waals surface area contributed by atoms with Gasteiger partial charge in [0, 0.05) is 22.7 Å². The van der Waals surface area contributed by atoms with E-state index in [0.29, 0.717) is 15.6 Å². The summed E-state index contributed by atoms with van der Waals surface area (Å²) in [6.07, 6.45) is -2.65. The number of rotatable bonds is 4. The zero-order valence-electron chi connectivity index (χ0n) is 10.7. The quantitative estimate of drug-likeness (QED) is 0.908. The van der Waals surface area contributed by atoms with E-state index in [0.717, 1.165) is 0 Å². The van der Waals surface area contributed by atoms with Gasteiger partial charge in [0.05, 0.1) is 0 Å². The predicted octanol–water partition coefficient (Wildman–Crippen LogP) is 2.23. The molecule has 1 aliphatic heterocycles. The highest BCUT2D eigenvalue weighted by Crippen LogP contribution is 2.40. The van der Waals surface area contributed by atoms with Crippen LogP contribution >= 0.6 is 23.2 Å². The first kappa shape index (κ1) is 16.0. The minimum Gasteiger partial charge on any atom is -0.339 e. The van der Waals surface area contributed by atoms with E-state index < -0.39 is 29.0 Å². The highest BCUT2D eigenvalue weighted by molar-refractivity contribution is 7.84. The van der Waals surface area contributed by atoms with Gasteiger partial charge in [-0.15, -0.1) is 0 Å². The fourth-order valence-corrected chi connectivity index (χ4v) is 2.90. The molecule has 3 atom stereocenters. The average Bonchev–Trinajstić information content (AvgIpc) is 2.69. The van der Waals surface area contributed by atoms with Crippen LogP contribution in [0.25, 0.3) is 0 Å². The van der Waals surface area contributed by atoms with Gasteiger partial charge in [0.15, 0.2) is 6.29 Å². The number of halogens is 2. The molecule has 0 bridgehead atoms. The molecule has 0 radical (unpaired) electrons. The third-order valence-electron chi connectivity index (χ3n) is 2.67. The Bertz CT molecular complexity index is 574. The Morgan fingerprint density at radius 3 is 2.40 bits per heavy atom. The molecular formula is C11H13Cl2NO5S. The Labute approximate surface area is 127 Å². The summed E-state index contributed by atoms with van der Waals surface area (Å²) in [6.45, 7) is 1.62. The van der Waals surface area contributed by atoms with Crippen LogP contribution in [0.4, 0.5) is 0 Å². The van der Waals surface area contributed by atoms with Crippen LogP contribution in [0.2, 0.25) is 10.0 Å². The van der Waals surface area contributed by atoms with Crippen LogP contribution in [-0.4, -0.2) is 28.0 Å². The van der Waals surface area contributed by atoms with Crippen molar-refractivity contribution >= 4 is 33.5 Å². The monoisotopic (exact) mass is 341 g/mol. The van der Waals surface area contributed by atoms with E-state index >= 15 is 0 Å². The normalized spacial score (nSPS) is 26.9. The summed E-state index contributed by atoms with van der Waals surface area (Å²) in [6, 6.07) is 4.92. The molecule has 2 rings (SSSR count). The maximum atomic E-state index is 11.5. The average molecular weight is 342 g/mol. The fourth-order valence-electron chi connectivity index (χ4n) is 1.80. The molecule has 6 nitrogen and oxygen atoms in total. The van der Waals surface area contributed by atoms with Crippen molar-refractivity contribution in [1.82, 2.24) is 4.72 Å². The highest BCUT2D eigenvalue weighted by Gasteiger charge is 2.40. The van der Waals surface area contributed by atoms with Crippen LogP contribution < -0.4 is 4.72 Å². The van der Waals surface area contributed by atoms with Gasteiger partial charge in [0.1, 0.15) is 6.10 Å². The molecule has 112 valence electrons. The largest absolute Gasteiger partial charge is 0.339 e. The second-order valence-corrected chi connectivity index (χ2v) is 6.34. The predicted molar refractivity (Wildman–Crippen MR) is 73.7 cm³/mol. The molecule has 1 aromatic rings. The number of benzene rings is 1. The zero-order chi connectivity index (χ0) is 14.9. The maximum absolute atomic E-state index is 11.5. The number of nitrogens with one attached hydrogen (secondary N) is 1. The summed E-state index contributed by atoms with van der Waals surface area (Å²) in [5.41, 5.74) is 0.427. The summed E-state index contributed by atoms with van der Waals surface area (Å²) in [4.78, 5) is 0. The molecule has 1 aliphatic rings. The van der Waals surface area contributed by atoms with Gasteiger partial charge >= 0.3 is 10.3 Å². The van der Waals surface area contributed by atoms with Crippen molar-refractivity contribution in [1.29, 1.82) is 0 Å². The molecule has 0 aromatic heterocycles. The van der Waals surface area contributed by atoms with E-state index in [1.807, 2.05) is 4.72 Å². The summed E-state index contributed by atoms with van der Waals surface area (Å²) in [7, 11) is -2.71. The second kappa shape index (κ2) is 6.15. The lowest BCUT2D eigenvalue weighted by Crippen LogP contribution is -2.30. The van der Waals surface area contributed by atoms with Crippen molar-refractivity contribution in [3.8, 4) is 0 Å². The molecule has 0 spiro atoms. The Hall–Kier alpha value is -0.410. The molecule has 0 amide bonds. The van der Waals surface area contributed by atoms with Gasteiger partial charge in [-0.05, 0) is 19.1 Å². The minimum absolute atomic E-state index is 0.343. The van der Waals surface area contributed by atoms with Crippen molar-refractivity contribution in [3.63, 3.8) is 0 Å². The SMILES string of the molecule is CNS(=O)(=O)OC1OC(C)OC1c1c(Cl)cccc1Cl. The van der Waals surface area contributed by atoms with Crippen LogP contribution in [0, 0.1) is 0 Å². The molecule has 1 aromatic carbocycles. The summed E-state index contributed by atoms with van der Waals surface area (Å²) < 4.78 is 40.7. The van der Waals surface area contributed by atoms with Crippen LogP contribution in [0.1, 0.15) is 18.6 Å². The third kappa shape index (κ3) is 3.43. The van der Waals surface area contributed by atoms with Gasteiger partial charge in [-0.1, -0.05) is 29.3 Å². The standard InChI is InChI=1S/C11H13Cl2NO5S/c1-6-17-10(9-7(12)4-3-5-8(9)13)11(18-6)19-20(15,16)14-2/h3-6,10-11,14H,1-2H3. The number of hydrogen-bond acceptors (Lipinski definition) is 5. The molecule has 3 unspecified atom stereocenters. The van der Waals surface area contributed by atoms with E-state index in [2.05, 4.69) is 0 Å². The zero-order valence-corrected chi connectivity index (χ0v) is 13.0. The van der Waals surface area contributed by atoms with Gasteiger partial charge in [-0.2, -0.15) is 13.1 Å². The maximum Gasteiger partial charge on any atom is 0.338 e. The molecule has 1 saturated heterocycles. The van der Waals surface area contributed by atoms with Gasteiger partial charge < -0.3 is 9.47 Å². The van der Waals surface area contributed by atoms with Crippen molar-refractivity contribution in [3.05, 3.63) is 33.8 Å². The Morgan fingerprint density at radius 2 is 1.85 bits per heavy atom. The molecular weight excluding hydrogens is 329 g/mol. The molecule has 0 saturated carbocycles. The Morgan fingerprint density at radius 1 is 1.25 bits per heavy atom.